The summed E-state index contributed by atoms with van der Waals surface area (Å²) in [5.41, 5.74) is 1.57. The van der Waals surface area contributed by atoms with E-state index >= 15 is 0 Å². The third-order valence-electron chi connectivity index (χ3n) is 5.83. The summed E-state index contributed by atoms with van der Waals surface area (Å²) in [5, 5.41) is 3.78. The summed E-state index contributed by atoms with van der Waals surface area (Å²) in [6.45, 7) is 3.39. The molecule has 0 radical (unpaired) electrons. The molecule has 0 aliphatic heterocycles. The van der Waals surface area contributed by atoms with Crippen LogP contribution in [0.1, 0.15) is 69.8 Å². The summed E-state index contributed by atoms with van der Waals surface area (Å²) >= 11 is 0. The average Bonchev–Trinajstić information content (AvgIpc) is 3.03. The van der Waals surface area contributed by atoms with E-state index in [4.69, 9.17) is 0 Å². The van der Waals surface area contributed by atoms with Gasteiger partial charge in [0.2, 0.25) is 0 Å². The molecule has 0 spiro atoms. The van der Waals surface area contributed by atoms with E-state index < -0.39 is 0 Å². The van der Waals surface area contributed by atoms with Gasteiger partial charge in [-0.1, -0.05) is 62.9 Å². The predicted molar refractivity (Wildman–Crippen MR) is 90.6 cm³/mol. The Balaban J connectivity index is 1.65. The van der Waals surface area contributed by atoms with E-state index in [0.717, 1.165) is 30.3 Å². The lowest BCUT2D eigenvalue weighted by atomic mass is 9.72. The molecule has 1 aromatic carbocycles. The lowest BCUT2D eigenvalue weighted by molar-refractivity contribution is 0.204. The third kappa shape index (κ3) is 3.88. The Morgan fingerprint density at radius 3 is 2.48 bits per heavy atom. The summed E-state index contributed by atoms with van der Waals surface area (Å²) in [5.74, 6) is 2.71. The molecular weight excluding hydrogens is 254 g/mol. The highest BCUT2D eigenvalue weighted by molar-refractivity contribution is 5.20. The fourth-order valence-electron chi connectivity index (χ4n) is 4.76. The highest BCUT2D eigenvalue weighted by atomic mass is 14.9. The molecule has 3 atom stereocenters. The second-order valence-electron chi connectivity index (χ2n) is 7.23. The molecule has 3 unspecified atom stereocenters. The normalized spacial score (nSPS) is 30.6. The molecule has 1 N–H and O–H groups in total. The van der Waals surface area contributed by atoms with E-state index in [0.29, 0.717) is 0 Å². The molecular formula is C20H31N. The maximum atomic E-state index is 3.78. The van der Waals surface area contributed by atoms with Crippen LogP contribution in [0.2, 0.25) is 0 Å². The van der Waals surface area contributed by atoms with Crippen LogP contribution in [0.25, 0.3) is 0 Å². The van der Waals surface area contributed by atoms with E-state index in [1.54, 1.807) is 5.56 Å². The number of rotatable bonds is 5. The molecule has 0 amide bonds. The highest BCUT2D eigenvalue weighted by Gasteiger charge is 2.32. The van der Waals surface area contributed by atoms with Crippen molar-refractivity contribution in [2.45, 2.75) is 70.3 Å². The molecule has 1 nitrogen and oxygen atoms in total. The van der Waals surface area contributed by atoms with Crippen molar-refractivity contribution in [1.82, 2.24) is 5.32 Å². The number of nitrogens with one attached hydrogen (secondary N) is 1. The molecule has 3 rings (SSSR count). The standard InChI is InChI=1S/C20H31N/c1-2-21-20-13-12-18(17-10-4-3-5-11-17)15-19(20)14-16-8-6-7-9-16/h3-5,10-11,16,18-21H,2,6-9,12-15H2,1H3. The first-order chi connectivity index (χ1) is 10.4. The smallest absolute Gasteiger partial charge is 0.00957 e. The first kappa shape index (κ1) is 15.1. The third-order valence-corrected chi connectivity index (χ3v) is 5.83. The maximum Gasteiger partial charge on any atom is 0.00957 e. The summed E-state index contributed by atoms with van der Waals surface area (Å²) in [6.07, 6.45) is 11.5. The molecule has 0 bridgehead atoms. The van der Waals surface area contributed by atoms with Crippen molar-refractivity contribution in [3.8, 4) is 0 Å². The van der Waals surface area contributed by atoms with Gasteiger partial charge in [-0.25, -0.2) is 0 Å². The maximum absolute atomic E-state index is 3.78. The Hall–Kier alpha value is -0.820. The minimum Gasteiger partial charge on any atom is -0.314 e. The summed E-state index contributed by atoms with van der Waals surface area (Å²) < 4.78 is 0. The van der Waals surface area contributed by atoms with E-state index in [1.165, 1.54) is 51.4 Å². The SMILES string of the molecule is CCNC1CCC(c2ccccc2)CC1CC1CCCC1. The van der Waals surface area contributed by atoms with Crippen molar-refractivity contribution in [1.29, 1.82) is 0 Å². The quantitative estimate of drug-likeness (QED) is 0.791. The van der Waals surface area contributed by atoms with Gasteiger partial charge in [0.15, 0.2) is 0 Å². The Labute approximate surface area is 130 Å². The molecule has 1 aromatic rings. The van der Waals surface area contributed by atoms with Crippen molar-refractivity contribution in [2.75, 3.05) is 6.54 Å². The zero-order chi connectivity index (χ0) is 14.5. The van der Waals surface area contributed by atoms with Gasteiger partial charge in [-0.3, -0.25) is 0 Å². The van der Waals surface area contributed by atoms with E-state index in [1.807, 2.05) is 0 Å². The summed E-state index contributed by atoms with van der Waals surface area (Å²) in [4.78, 5) is 0. The Morgan fingerprint density at radius 2 is 1.76 bits per heavy atom. The molecule has 2 aliphatic rings. The summed E-state index contributed by atoms with van der Waals surface area (Å²) in [7, 11) is 0. The van der Waals surface area contributed by atoms with Crippen LogP contribution >= 0.6 is 0 Å². The molecule has 2 fully saturated rings. The molecule has 0 saturated heterocycles. The van der Waals surface area contributed by atoms with Gasteiger partial charge >= 0.3 is 0 Å². The molecule has 0 heterocycles. The largest absolute Gasteiger partial charge is 0.314 e. The van der Waals surface area contributed by atoms with Crippen molar-refractivity contribution < 1.29 is 0 Å². The van der Waals surface area contributed by atoms with Gasteiger partial charge in [0.25, 0.3) is 0 Å². The molecule has 1 heteroatoms. The van der Waals surface area contributed by atoms with Gasteiger partial charge in [0.05, 0.1) is 0 Å². The second-order valence-corrected chi connectivity index (χ2v) is 7.23. The second kappa shape index (κ2) is 7.45. The zero-order valence-electron chi connectivity index (χ0n) is 13.6. The predicted octanol–water partition coefficient (Wildman–Crippen LogP) is 5.13. The van der Waals surface area contributed by atoms with E-state index in [9.17, 15) is 0 Å². The molecule has 0 aromatic heterocycles. The lowest BCUT2D eigenvalue weighted by Crippen LogP contribution is -2.40. The Morgan fingerprint density at radius 1 is 1.00 bits per heavy atom. The Bertz CT molecular complexity index is 407. The highest BCUT2D eigenvalue weighted by Crippen LogP contribution is 2.41. The molecule has 2 aliphatic carbocycles. The zero-order valence-corrected chi connectivity index (χ0v) is 13.6. The van der Waals surface area contributed by atoms with Gasteiger partial charge in [-0.05, 0) is 55.5 Å². The number of hydrogen-bond donors (Lipinski definition) is 1. The monoisotopic (exact) mass is 285 g/mol. The van der Waals surface area contributed by atoms with Gasteiger partial charge in [0.1, 0.15) is 0 Å². The van der Waals surface area contributed by atoms with Gasteiger partial charge in [-0.2, -0.15) is 0 Å². The van der Waals surface area contributed by atoms with Gasteiger partial charge in [-0.15, -0.1) is 0 Å². The van der Waals surface area contributed by atoms with Crippen LogP contribution in [0.4, 0.5) is 0 Å². The summed E-state index contributed by atoms with van der Waals surface area (Å²) in [6, 6.07) is 12.0. The fourth-order valence-corrected chi connectivity index (χ4v) is 4.76. The first-order valence-corrected chi connectivity index (χ1v) is 9.15. The van der Waals surface area contributed by atoms with Crippen molar-refractivity contribution in [3.05, 3.63) is 35.9 Å². The van der Waals surface area contributed by atoms with Gasteiger partial charge < -0.3 is 5.32 Å². The molecule has 116 valence electrons. The first-order valence-electron chi connectivity index (χ1n) is 9.15. The van der Waals surface area contributed by atoms with Crippen LogP contribution in [0.5, 0.6) is 0 Å². The fraction of sp³-hybridized carbons (Fsp3) is 0.700. The molecule has 2 saturated carbocycles. The molecule has 21 heavy (non-hydrogen) atoms. The Kier molecular flexibility index (Phi) is 5.35. The van der Waals surface area contributed by atoms with Crippen molar-refractivity contribution in [2.24, 2.45) is 11.8 Å². The topological polar surface area (TPSA) is 12.0 Å². The lowest BCUT2D eigenvalue weighted by Gasteiger charge is -2.38. The average molecular weight is 285 g/mol. The minimum atomic E-state index is 0.774. The number of benzene rings is 1. The van der Waals surface area contributed by atoms with Crippen LogP contribution in [0.3, 0.4) is 0 Å². The van der Waals surface area contributed by atoms with Crippen molar-refractivity contribution in [3.63, 3.8) is 0 Å². The van der Waals surface area contributed by atoms with Crippen LogP contribution in [0.15, 0.2) is 30.3 Å². The van der Waals surface area contributed by atoms with Crippen LogP contribution in [-0.4, -0.2) is 12.6 Å². The van der Waals surface area contributed by atoms with Gasteiger partial charge in [0, 0.05) is 6.04 Å². The van der Waals surface area contributed by atoms with Crippen molar-refractivity contribution >= 4 is 0 Å². The van der Waals surface area contributed by atoms with Crippen LogP contribution < -0.4 is 5.32 Å². The van der Waals surface area contributed by atoms with E-state index in [-0.39, 0.29) is 0 Å². The van der Waals surface area contributed by atoms with Crippen LogP contribution in [-0.2, 0) is 0 Å². The number of hydrogen-bond acceptors (Lipinski definition) is 1. The minimum absolute atomic E-state index is 0.774. The van der Waals surface area contributed by atoms with Crippen LogP contribution in [0, 0.1) is 11.8 Å². The van der Waals surface area contributed by atoms with E-state index in [2.05, 4.69) is 42.6 Å².